The van der Waals surface area contributed by atoms with Crippen molar-refractivity contribution in [2.45, 2.75) is 0 Å². The molecule has 0 spiro atoms. The predicted octanol–water partition coefficient (Wildman–Crippen LogP) is 4.25. The molecule has 0 atom stereocenters. The van der Waals surface area contributed by atoms with E-state index in [1.165, 1.54) is 10.8 Å². The largest absolute Gasteiger partial charge is 0.398 e. The van der Waals surface area contributed by atoms with Gasteiger partial charge in [0.15, 0.2) is 0 Å². The van der Waals surface area contributed by atoms with E-state index in [1.807, 2.05) is 24.3 Å². The molecule has 1 amide bonds. The Morgan fingerprint density at radius 2 is 1.30 bits per heavy atom. The Morgan fingerprint density at radius 3 is 1.91 bits per heavy atom. The van der Waals surface area contributed by atoms with Gasteiger partial charge in [0.2, 0.25) is 0 Å². The number of primary amides is 1. The first kappa shape index (κ1) is 15.1. The summed E-state index contributed by atoms with van der Waals surface area (Å²) in [4.78, 5) is 11.4. The number of amides is 1. The normalized spacial score (nSPS) is 10.8. The van der Waals surface area contributed by atoms with Crippen LogP contribution in [0.5, 0.6) is 0 Å². The van der Waals surface area contributed by atoms with E-state index >= 15 is 0 Å². The summed E-state index contributed by atoms with van der Waals surface area (Å²) in [6, 6.07) is 20.2. The van der Waals surface area contributed by atoms with Gasteiger partial charge in [-0.25, -0.2) is 0 Å². The van der Waals surface area contributed by atoms with E-state index in [4.69, 9.17) is 11.5 Å². The quantitative estimate of drug-likeness (QED) is 0.406. The molecule has 0 bridgehead atoms. The van der Waals surface area contributed by atoms with Crippen molar-refractivity contribution in [3.05, 3.63) is 66.2 Å². The Hall–Kier alpha value is -2.78. The highest BCUT2D eigenvalue weighted by atomic mass is 35.5. The molecule has 0 saturated heterocycles. The number of fused-ring (bicyclic) bond motifs is 3. The van der Waals surface area contributed by atoms with Crippen LogP contribution in [0.3, 0.4) is 0 Å². The first-order valence-electron chi connectivity index (χ1n) is 7.08. The van der Waals surface area contributed by atoms with E-state index in [0.717, 1.165) is 21.5 Å². The summed E-state index contributed by atoms with van der Waals surface area (Å²) in [6.45, 7) is 0. The van der Waals surface area contributed by atoms with E-state index in [0.29, 0.717) is 11.3 Å². The molecule has 0 unspecified atom stereocenters. The number of nitrogens with two attached hydrogens (primary N) is 2. The molecule has 0 aromatic heterocycles. The van der Waals surface area contributed by atoms with Crippen LogP contribution in [0, 0.1) is 0 Å². The monoisotopic (exact) mass is 322 g/mol. The summed E-state index contributed by atoms with van der Waals surface area (Å²) < 4.78 is 0. The molecule has 4 N–H and O–H groups in total. The number of halogens is 1. The Kier molecular flexibility index (Phi) is 3.58. The molecule has 23 heavy (non-hydrogen) atoms. The second-order valence-electron chi connectivity index (χ2n) is 5.51. The first-order valence-corrected chi connectivity index (χ1v) is 7.08. The Morgan fingerprint density at radius 1 is 0.739 bits per heavy atom. The number of carbonyl (C=O) groups excluding carboxylic acids is 1. The highest BCUT2D eigenvalue weighted by Crippen LogP contribution is 2.31. The maximum Gasteiger partial charge on any atom is 0.250 e. The first-order chi connectivity index (χ1) is 10.6. The van der Waals surface area contributed by atoms with E-state index < -0.39 is 5.91 Å². The fraction of sp³-hybridized carbons (Fsp3) is 0. The van der Waals surface area contributed by atoms with Crippen molar-refractivity contribution in [2.75, 3.05) is 5.73 Å². The highest BCUT2D eigenvalue weighted by molar-refractivity contribution is 6.12. The molecule has 0 aliphatic carbocycles. The zero-order valence-electron chi connectivity index (χ0n) is 12.2. The van der Waals surface area contributed by atoms with Gasteiger partial charge in [0.1, 0.15) is 0 Å². The Bertz CT molecular complexity index is 1070. The lowest BCUT2D eigenvalue weighted by molar-refractivity contribution is 0.100. The summed E-state index contributed by atoms with van der Waals surface area (Å²) in [5, 5.41) is 6.50. The molecule has 4 aromatic carbocycles. The summed E-state index contributed by atoms with van der Waals surface area (Å²) >= 11 is 0. The maximum absolute atomic E-state index is 11.4. The van der Waals surface area contributed by atoms with Crippen LogP contribution in [0.4, 0.5) is 5.69 Å². The molecule has 114 valence electrons. The maximum atomic E-state index is 11.4. The van der Waals surface area contributed by atoms with Crippen LogP contribution >= 0.6 is 12.4 Å². The third kappa shape index (κ3) is 2.35. The van der Waals surface area contributed by atoms with Crippen LogP contribution in [0.1, 0.15) is 10.4 Å². The fourth-order valence-electron chi connectivity index (χ4n) is 3.00. The van der Waals surface area contributed by atoms with Crippen molar-refractivity contribution < 1.29 is 4.79 Å². The van der Waals surface area contributed by atoms with E-state index in [9.17, 15) is 4.79 Å². The minimum absolute atomic E-state index is 0. The summed E-state index contributed by atoms with van der Waals surface area (Å²) in [5.41, 5.74) is 12.3. The molecule has 3 nitrogen and oxygen atoms in total. The number of anilines is 1. The van der Waals surface area contributed by atoms with Crippen molar-refractivity contribution in [1.82, 2.24) is 0 Å². The molecule has 4 rings (SSSR count). The molecule has 0 radical (unpaired) electrons. The average Bonchev–Trinajstić information content (AvgIpc) is 2.51. The van der Waals surface area contributed by atoms with Crippen molar-refractivity contribution in [2.24, 2.45) is 5.73 Å². The lowest BCUT2D eigenvalue weighted by Gasteiger charge is -2.09. The number of carbonyl (C=O) groups is 1. The fourth-order valence-corrected chi connectivity index (χ4v) is 3.00. The van der Waals surface area contributed by atoms with Crippen LogP contribution in [0.15, 0.2) is 60.7 Å². The van der Waals surface area contributed by atoms with Crippen LogP contribution in [-0.2, 0) is 0 Å². The molecule has 4 heteroatoms. The van der Waals surface area contributed by atoms with E-state index in [1.54, 1.807) is 6.07 Å². The highest BCUT2D eigenvalue weighted by Gasteiger charge is 2.10. The molecule has 0 aliphatic heterocycles. The van der Waals surface area contributed by atoms with Crippen LogP contribution in [0.2, 0.25) is 0 Å². The molecule has 4 aromatic rings. The zero-order valence-corrected chi connectivity index (χ0v) is 13.1. The van der Waals surface area contributed by atoms with Crippen molar-refractivity contribution in [1.29, 1.82) is 0 Å². The van der Waals surface area contributed by atoms with Crippen molar-refractivity contribution in [3.8, 4) is 0 Å². The second-order valence-corrected chi connectivity index (χ2v) is 5.51. The lowest BCUT2D eigenvalue weighted by Crippen LogP contribution is -2.13. The second kappa shape index (κ2) is 5.45. The SMILES string of the molecule is Cl.NC(=O)c1ccc2cc3cc4ccccc4cc3cc2c1N. The van der Waals surface area contributed by atoms with Gasteiger partial charge in [-0.05, 0) is 57.3 Å². The van der Waals surface area contributed by atoms with Crippen molar-refractivity contribution >= 4 is 56.3 Å². The van der Waals surface area contributed by atoms with Gasteiger partial charge in [-0.2, -0.15) is 0 Å². The van der Waals surface area contributed by atoms with Crippen LogP contribution < -0.4 is 11.5 Å². The summed E-state index contributed by atoms with van der Waals surface area (Å²) in [5.74, 6) is -0.502. The minimum atomic E-state index is -0.502. The van der Waals surface area contributed by atoms with Gasteiger partial charge in [-0.1, -0.05) is 30.3 Å². The molecular weight excluding hydrogens is 308 g/mol. The number of nitrogen functional groups attached to an aromatic ring is 1. The van der Waals surface area contributed by atoms with Crippen LogP contribution in [0.25, 0.3) is 32.3 Å². The van der Waals surface area contributed by atoms with Gasteiger partial charge < -0.3 is 11.5 Å². The predicted molar refractivity (Wildman–Crippen MR) is 99.1 cm³/mol. The molecule has 0 heterocycles. The molecule has 0 aliphatic rings. The van der Waals surface area contributed by atoms with Gasteiger partial charge in [0.05, 0.1) is 11.3 Å². The summed E-state index contributed by atoms with van der Waals surface area (Å²) in [7, 11) is 0. The average molecular weight is 323 g/mol. The third-order valence-electron chi connectivity index (χ3n) is 4.15. The number of rotatable bonds is 1. The molecule has 0 saturated carbocycles. The summed E-state index contributed by atoms with van der Waals surface area (Å²) in [6.07, 6.45) is 0. The number of hydrogen-bond donors (Lipinski definition) is 2. The standard InChI is InChI=1S/C19H14N2O.ClH/c20-18-16(19(21)22)6-5-13-9-14-7-11-3-1-2-4-12(11)8-15(14)10-17(13)18;/h1-10H,20H2,(H2,21,22);1H. The topological polar surface area (TPSA) is 69.1 Å². The number of hydrogen-bond acceptors (Lipinski definition) is 2. The Labute approximate surface area is 139 Å². The van der Waals surface area contributed by atoms with Gasteiger partial charge in [0.25, 0.3) is 5.91 Å². The van der Waals surface area contributed by atoms with Gasteiger partial charge in [0, 0.05) is 5.39 Å². The Balaban J connectivity index is 0.00000156. The van der Waals surface area contributed by atoms with Gasteiger partial charge in [-0.3, -0.25) is 4.79 Å². The van der Waals surface area contributed by atoms with E-state index in [-0.39, 0.29) is 12.4 Å². The molecule has 0 fully saturated rings. The van der Waals surface area contributed by atoms with Crippen LogP contribution in [-0.4, -0.2) is 5.91 Å². The smallest absolute Gasteiger partial charge is 0.250 e. The van der Waals surface area contributed by atoms with Gasteiger partial charge in [-0.15, -0.1) is 12.4 Å². The van der Waals surface area contributed by atoms with E-state index in [2.05, 4.69) is 30.3 Å². The third-order valence-corrected chi connectivity index (χ3v) is 4.15. The zero-order chi connectivity index (χ0) is 15.3. The van der Waals surface area contributed by atoms with Gasteiger partial charge >= 0.3 is 0 Å². The molecular formula is C19H15ClN2O. The lowest BCUT2D eigenvalue weighted by atomic mass is 9.97. The number of benzene rings is 4. The van der Waals surface area contributed by atoms with Crippen molar-refractivity contribution in [3.63, 3.8) is 0 Å². The minimum Gasteiger partial charge on any atom is -0.398 e.